The van der Waals surface area contributed by atoms with Crippen molar-refractivity contribution in [2.75, 3.05) is 7.11 Å². The van der Waals surface area contributed by atoms with E-state index in [0.717, 1.165) is 14.7 Å². The standard InChI is InChI=1S/C21H16IN3O5/c1-13-20(25(26)27)18(30-24-13)8-7-14-9-17(22)21(19(10-14)28-2)29-12-16-6-4-3-5-15(16)11-23/h3-10H,12H2,1-2H3/b8-7-. The lowest BCUT2D eigenvalue weighted by Crippen LogP contribution is -2.01. The summed E-state index contributed by atoms with van der Waals surface area (Å²) in [5, 5.41) is 24.0. The second kappa shape index (κ2) is 9.41. The van der Waals surface area contributed by atoms with Crippen LogP contribution in [0.5, 0.6) is 11.5 Å². The smallest absolute Gasteiger partial charge is 0.338 e. The Labute approximate surface area is 186 Å². The molecule has 8 nitrogen and oxygen atoms in total. The summed E-state index contributed by atoms with van der Waals surface area (Å²) >= 11 is 2.12. The highest BCUT2D eigenvalue weighted by atomic mass is 127. The Bertz CT molecular complexity index is 1160. The predicted octanol–water partition coefficient (Wildman–Crippen LogP) is 5.13. The van der Waals surface area contributed by atoms with E-state index in [4.69, 9.17) is 14.0 Å². The minimum absolute atomic E-state index is 0.0694. The molecule has 152 valence electrons. The number of hydrogen-bond donors (Lipinski definition) is 0. The molecule has 0 saturated heterocycles. The van der Waals surface area contributed by atoms with E-state index in [1.807, 2.05) is 18.2 Å². The number of methoxy groups -OCH3 is 1. The van der Waals surface area contributed by atoms with Gasteiger partial charge < -0.3 is 14.0 Å². The lowest BCUT2D eigenvalue weighted by atomic mass is 10.1. The summed E-state index contributed by atoms with van der Waals surface area (Å²) in [7, 11) is 1.53. The van der Waals surface area contributed by atoms with E-state index in [9.17, 15) is 15.4 Å². The van der Waals surface area contributed by atoms with Gasteiger partial charge in [-0.2, -0.15) is 5.26 Å². The van der Waals surface area contributed by atoms with Gasteiger partial charge in [0.1, 0.15) is 6.61 Å². The topological polar surface area (TPSA) is 111 Å². The van der Waals surface area contributed by atoms with Crippen molar-refractivity contribution < 1.29 is 18.9 Å². The van der Waals surface area contributed by atoms with Crippen LogP contribution >= 0.6 is 22.6 Å². The fraction of sp³-hybridized carbons (Fsp3) is 0.143. The zero-order valence-corrected chi connectivity index (χ0v) is 18.2. The molecule has 1 heterocycles. The average Bonchev–Trinajstić information content (AvgIpc) is 3.11. The Balaban J connectivity index is 1.86. The van der Waals surface area contributed by atoms with Gasteiger partial charge in [-0.25, -0.2) is 0 Å². The molecule has 9 heteroatoms. The van der Waals surface area contributed by atoms with Crippen LogP contribution in [0.1, 0.15) is 28.1 Å². The van der Waals surface area contributed by atoms with Gasteiger partial charge in [0.2, 0.25) is 5.76 Å². The number of aryl methyl sites for hydroxylation is 1. The van der Waals surface area contributed by atoms with Crippen LogP contribution in [0, 0.1) is 31.9 Å². The minimum atomic E-state index is -0.522. The summed E-state index contributed by atoms with van der Waals surface area (Å²) in [5.41, 5.74) is 2.12. The van der Waals surface area contributed by atoms with Crippen LogP contribution in [0.4, 0.5) is 5.69 Å². The van der Waals surface area contributed by atoms with Crippen molar-refractivity contribution in [2.45, 2.75) is 13.5 Å². The van der Waals surface area contributed by atoms with Crippen LogP contribution in [0.2, 0.25) is 0 Å². The highest BCUT2D eigenvalue weighted by molar-refractivity contribution is 14.1. The van der Waals surface area contributed by atoms with Gasteiger partial charge in [-0.1, -0.05) is 29.4 Å². The largest absolute Gasteiger partial charge is 0.493 e. The number of ether oxygens (including phenoxy) is 2. The van der Waals surface area contributed by atoms with Crippen LogP contribution in [-0.2, 0) is 6.61 Å². The highest BCUT2D eigenvalue weighted by Gasteiger charge is 2.22. The van der Waals surface area contributed by atoms with Gasteiger partial charge in [-0.05, 0) is 59.4 Å². The second-order valence-electron chi connectivity index (χ2n) is 6.16. The highest BCUT2D eigenvalue weighted by Crippen LogP contribution is 2.35. The number of rotatable bonds is 7. The number of aromatic nitrogens is 1. The van der Waals surface area contributed by atoms with Crippen LogP contribution in [0.15, 0.2) is 40.9 Å². The first-order chi connectivity index (χ1) is 14.4. The molecule has 3 aromatic rings. The number of hydrogen-bond acceptors (Lipinski definition) is 7. The second-order valence-corrected chi connectivity index (χ2v) is 7.33. The van der Waals surface area contributed by atoms with E-state index < -0.39 is 4.92 Å². The van der Waals surface area contributed by atoms with Gasteiger partial charge in [0.05, 0.1) is 27.2 Å². The summed E-state index contributed by atoms with van der Waals surface area (Å²) in [6.45, 7) is 1.73. The number of halogens is 1. The monoisotopic (exact) mass is 517 g/mol. The van der Waals surface area contributed by atoms with Gasteiger partial charge in [0.15, 0.2) is 17.2 Å². The van der Waals surface area contributed by atoms with Crippen LogP contribution in [0.25, 0.3) is 12.2 Å². The number of benzene rings is 2. The van der Waals surface area contributed by atoms with E-state index in [1.54, 1.807) is 24.3 Å². The molecule has 2 aromatic carbocycles. The Kier molecular flexibility index (Phi) is 6.68. The van der Waals surface area contributed by atoms with E-state index in [-0.39, 0.29) is 23.7 Å². The maximum Gasteiger partial charge on any atom is 0.338 e. The minimum Gasteiger partial charge on any atom is -0.493 e. The van der Waals surface area contributed by atoms with Crippen LogP contribution in [-0.4, -0.2) is 17.2 Å². The summed E-state index contributed by atoms with van der Waals surface area (Å²) in [5.74, 6) is 1.11. The molecule has 0 aliphatic rings. The SMILES string of the molecule is COc1cc(/C=C\c2onc(C)c2[N+](=O)[O-])cc(I)c1OCc1ccccc1C#N. The van der Waals surface area contributed by atoms with Gasteiger partial charge >= 0.3 is 5.69 Å². The van der Waals surface area contributed by atoms with Crippen molar-refractivity contribution >= 4 is 40.4 Å². The van der Waals surface area contributed by atoms with Crippen molar-refractivity contribution in [1.29, 1.82) is 5.26 Å². The third kappa shape index (κ3) is 4.60. The normalized spacial score (nSPS) is 10.7. The summed E-state index contributed by atoms with van der Waals surface area (Å²) < 4.78 is 17.2. The summed E-state index contributed by atoms with van der Waals surface area (Å²) in [4.78, 5) is 10.6. The predicted molar refractivity (Wildman–Crippen MR) is 118 cm³/mol. The van der Waals surface area contributed by atoms with Crippen molar-refractivity contribution in [3.8, 4) is 17.6 Å². The third-order valence-electron chi connectivity index (χ3n) is 4.23. The number of nitro groups is 1. The quantitative estimate of drug-likeness (QED) is 0.243. The summed E-state index contributed by atoms with van der Waals surface area (Å²) in [6, 6.07) is 13.0. The molecule has 0 fully saturated rings. The van der Waals surface area contributed by atoms with Crippen molar-refractivity contribution in [3.63, 3.8) is 0 Å². The maximum absolute atomic E-state index is 11.2. The molecule has 0 atom stereocenters. The van der Waals surface area contributed by atoms with E-state index in [2.05, 4.69) is 33.8 Å². The molecule has 0 unspecified atom stereocenters. The summed E-state index contributed by atoms with van der Waals surface area (Å²) in [6.07, 6.45) is 3.17. The van der Waals surface area contributed by atoms with E-state index in [1.165, 1.54) is 20.1 Å². The molecule has 0 aliphatic carbocycles. The first kappa shape index (κ1) is 21.3. The van der Waals surface area contributed by atoms with Crippen molar-refractivity contribution in [1.82, 2.24) is 5.16 Å². The lowest BCUT2D eigenvalue weighted by molar-refractivity contribution is -0.386. The zero-order chi connectivity index (χ0) is 21.7. The van der Waals surface area contributed by atoms with Crippen molar-refractivity contribution in [2.24, 2.45) is 0 Å². The third-order valence-corrected chi connectivity index (χ3v) is 5.03. The molecule has 30 heavy (non-hydrogen) atoms. The van der Waals surface area contributed by atoms with Crippen LogP contribution < -0.4 is 9.47 Å². The molecule has 1 aromatic heterocycles. The molecule has 0 bridgehead atoms. The molecule has 0 aliphatic heterocycles. The van der Waals surface area contributed by atoms with Crippen molar-refractivity contribution in [3.05, 3.63) is 78.2 Å². The van der Waals surface area contributed by atoms with Gasteiger partial charge in [0, 0.05) is 5.56 Å². The van der Waals surface area contributed by atoms with Gasteiger partial charge in [-0.3, -0.25) is 10.1 Å². The Morgan fingerprint density at radius 1 is 1.33 bits per heavy atom. The molecule has 0 amide bonds. The molecule has 3 rings (SSSR count). The lowest BCUT2D eigenvalue weighted by Gasteiger charge is -2.14. The van der Waals surface area contributed by atoms with Crippen LogP contribution in [0.3, 0.4) is 0 Å². The fourth-order valence-electron chi connectivity index (χ4n) is 2.77. The maximum atomic E-state index is 11.2. The first-order valence-corrected chi connectivity index (χ1v) is 9.79. The Morgan fingerprint density at radius 2 is 2.10 bits per heavy atom. The van der Waals surface area contributed by atoms with E-state index >= 15 is 0 Å². The number of nitrogens with zero attached hydrogens (tertiary/aromatic N) is 3. The molecular weight excluding hydrogens is 501 g/mol. The van der Waals surface area contributed by atoms with E-state index in [0.29, 0.717) is 17.1 Å². The average molecular weight is 517 g/mol. The van der Waals surface area contributed by atoms with Gasteiger partial charge in [-0.15, -0.1) is 0 Å². The van der Waals surface area contributed by atoms with Gasteiger partial charge in [0.25, 0.3) is 0 Å². The molecule has 0 saturated carbocycles. The first-order valence-electron chi connectivity index (χ1n) is 8.71. The molecular formula is C21H16IN3O5. The molecule has 0 radical (unpaired) electrons. The molecule has 0 N–H and O–H groups in total. The number of nitriles is 1. The fourth-order valence-corrected chi connectivity index (χ4v) is 3.55. The molecule has 0 spiro atoms. The Morgan fingerprint density at radius 3 is 2.80 bits per heavy atom. The Hall–Kier alpha value is -3.39. The zero-order valence-electron chi connectivity index (χ0n) is 16.1.